The summed E-state index contributed by atoms with van der Waals surface area (Å²) in [7, 11) is 0. The second kappa shape index (κ2) is 2.50. The quantitative estimate of drug-likeness (QED) is 0.667. The zero-order valence-corrected chi connectivity index (χ0v) is 7.21. The molecule has 0 spiro atoms. The Hall–Kier alpha value is -1.00. The maximum Gasteiger partial charge on any atom is 0.135 e. The van der Waals surface area contributed by atoms with Gasteiger partial charge in [0.15, 0.2) is 0 Å². The Balaban J connectivity index is 2.92. The summed E-state index contributed by atoms with van der Waals surface area (Å²) in [5, 5.41) is 16.9. The predicted molar refractivity (Wildman–Crippen MR) is 44.7 cm³/mol. The van der Waals surface area contributed by atoms with Gasteiger partial charge in [-0.25, -0.2) is 0 Å². The lowest BCUT2D eigenvalue weighted by Crippen LogP contribution is -1.91. The van der Waals surface area contributed by atoms with Crippen LogP contribution in [0, 0.1) is 0 Å². The topological polar surface area (TPSA) is 50.9 Å². The molecule has 0 radical (unpaired) electrons. The van der Waals surface area contributed by atoms with E-state index in [9.17, 15) is 0 Å². The van der Waals surface area contributed by atoms with Gasteiger partial charge in [0.05, 0.1) is 5.02 Å². The van der Waals surface area contributed by atoms with E-state index >= 15 is 0 Å². The van der Waals surface area contributed by atoms with Crippen molar-refractivity contribution in [2.75, 3.05) is 0 Å². The first-order chi connectivity index (χ1) is 5.68. The van der Waals surface area contributed by atoms with E-state index < -0.39 is 0 Å². The Bertz CT molecular complexity index is 440. The minimum atomic E-state index is 0.373. The van der Waals surface area contributed by atoms with E-state index in [1.165, 1.54) is 6.07 Å². The molecule has 1 N–H and O–H groups in total. The van der Waals surface area contributed by atoms with Gasteiger partial charge in [0.1, 0.15) is 11.0 Å². The van der Waals surface area contributed by atoms with Crippen molar-refractivity contribution in [2.24, 2.45) is 0 Å². The highest BCUT2D eigenvalue weighted by atomic mass is 35.5. The summed E-state index contributed by atoms with van der Waals surface area (Å²) < 4.78 is 0. The van der Waals surface area contributed by atoms with Crippen LogP contribution in [0.15, 0.2) is 12.1 Å². The standard InChI is InChI=1S/C6H3Cl2N3O/c7-3-1-4(8)6-5(2-3)11(12)10-9-6/h1-2,12H. The van der Waals surface area contributed by atoms with Crippen molar-refractivity contribution in [1.29, 1.82) is 0 Å². The van der Waals surface area contributed by atoms with Gasteiger partial charge in [0.2, 0.25) is 0 Å². The van der Waals surface area contributed by atoms with Crippen molar-refractivity contribution < 1.29 is 5.21 Å². The summed E-state index contributed by atoms with van der Waals surface area (Å²) in [4.78, 5) is 0.632. The summed E-state index contributed by atoms with van der Waals surface area (Å²) in [6.45, 7) is 0. The van der Waals surface area contributed by atoms with Gasteiger partial charge in [0, 0.05) is 5.02 Å². The molecule has 0 atom stereocenters. The smallest absolute Gasteiger partial charge is 0.135 e. The number of hydrogen-bond donors (Lipinski definition) is 1. The molecule has 4 nitrogen and oxygen atoms in total. The molecular weight excluding hydrogens is 201 g/mol. The Labute approximate surface area is 77.3 Å². The average molecular weight is 204 g/mol. The summed E-state index contributed by atoms with van der Waals surface area (Å²) in [6, 6.07) is 3.07. The molecule has 0 saturated carbocycles. The minimum Gasteiger partial charge on any atom is -0.410 e. The summed E-state index contributed by atoms with van der Waals surface area (Å²) in [5.74, 6) is 0. The largest absolute Gasteiger partial charge is 0.410 e. The van der Waals surface area contributed by atoms with Crippen molar-refractivity contribution in [2.45, 2.75) is 0 Å². The number of hydrogen-bond acceptors (Lipinski definition) is 3. The van der Waals surface area contributed by atoms with Crippen LogP contribution < -0.4 is 0 Å². The van der Waals surface area contributed by atoms with Crippen molar-refractivity contribution in [1.82, 2.24) is 15.2 Å². The van der Waals surface area contributed by atoms with E-state index in [0.29, 0.717) is 25.9 Å². The van der Waals surface area contributed by atoms with E-state index in [0.717, 1.165) is 0 Å². The third-order valence-corrected chi connectivity index (χ3v) is 1.96. The molecule has 2 rings (SSSR count). The number of aromatic nitrogens is 3. The van der Waals surface area contributed by atoms with Gasteiger partial charge in [0.25, 0.3) is 0 Å². The highest BCUT2D eigenvalue weighted by molar-refractivity contribution is 6.38. The number of halogens is 2. The Morgan fingerprint density at radius 2 is 2.08 bits per heavy atom. The number of rotatable bonds is 0. The molecule has 0 bridgehead atoms. The molecule has 2 aromatic rings. The third kappa shape index (κ3) is 1.00. The number of fused-ring (bicyclic) bond motifs is 1. The van der Waals surface area contributed by atoms with E-state index in [-0.39, 0.29) is 0 Å². The monoisotopic (exact) mass is 203 g/mol. The molecule has 0 aliphatic heterocycles. The molecule has 0 aliphatic rings. The first kappa shape index (κ1) is 7.64. The molecule has 0 aliphatic carbocycles. The average Bonchev–Trinajstić information content (AvgIpc) is 2.33. The molecule has 1 heterocycles. The molecule has 12 heavy (non-hydrogen) atoms. The summed E-state index contributed by atoms with van der Waals surface area (Å²) >= 11 is 11.5. The van der Waals surface area contributed by atoms with Gasteiger partial charge in [-0.15, -0.1) is 5.10 Å². The SMILES string of the molecule is On1nnc2c(Cl)cc(Cl)cc21. The Morgan fingerprint density at radius 1 is 1.33 bits per heavy atom. The molecule has 0 amide bonds. The lowest BCUT2D eigenvalue weighted by Gasteiger charge is -1.93. The maximum absolute atomic E-state index is 9.09. The van der Waals surface area contributed by atoms with Gasteiger partial charge >= 0.3 is 0 Å². The molecule has 0 saturated heterocycles. The zero-order valence-electron chi connectivity index (χ0n) is 5.70. The van der Waals surface area contributed by atoms with Crippen molar-refractivity contribution in [3.63, 3.8) is 0 Å². The van der Waals surface area contributed by atoms with Gasteiger partial charge in [-0.1, -0.05) is 28.0 Å². The first-order valence-electron chi connectivity index (χ1n) is 3.08. The van der Waals surface area contributed by atoms with Crippen LogP contribution >= 0.6 is 23.2 Å². The molecule has 1 aromatic carbocycles. The molecule has 0 unspecified atom stereocenters. The molecule has 1 aromatic heterocycles. The van der Waals surface area contributed by atoms with Crippen molar-refractivity contribution in [3.8, 4) is 0 Å². The normalized spacial score (nSPS) is 10.8. The number of nitrogens with zero attached hydrogens (tertiary/aromatic N) is 3. The molecule has 62 valence electrons. The Morgan fingerprint density at radius 3 is 2.83 bits per heavy atom. The molecule has 0 fully saturated rings. The second-order valence-corrected chi connectivity index (χ2v) is 3.08. The fraction of sp³-hybridized carbons (Fsp3) is 0. The van der Waals surface area contributed by atoms with Crippen LogP contribution in [0.1, 0.15) is 0 Å². The van der Waals surface area contributed by atoms with Gasteiger partial charge in [-0.2, -0.15) is 0 Å². The summed E-state index contributed by atoms with van der Waals surface area (Å²) in [6.07, 6.45) is 0. The maximum atomic E-state index is 9.09. The molecular formula is C6H3Cl2N3O. The number of benzene rings is 1. The highest BCUT2D eigenvalue weighted by Gasteiger charge is 2.07. The summed E-state index contributed by atoms with van der Waals surface area (Å²) in [5.41, 5.74) is 0.830. The predicted octanol–water partition coefficient (Wildman–Crippen LogP) is 1.98. The van der Waals surface area contributed by atoms with E-state index in [4.69, 9.17) is 28.4 Å². The molecule has 6 heteroatoms. The van der Waals surface area contributed by atoms with Crippen molar-refractivity contribution >= 4 is 34.2 Å². The fourth-order valence-corrected chi connectivity index (χ4v) is 1.46. The highest BCUT2D eigenvalue weighted by Crippen LogP contribution is 2.25. The van der Waals surface area contributed by atoms with Crippen LogP contribution in [0.2, 0.25) is 10.0 Å². The van der Waals surface area contributed by atoms with Crippen LogP contribution in [-0.4, -0.2) is 20.4 Å². The van der Waals surface area contributed by atoms with E-state index in [2.05, 4.69) is 10.3 Å². The van der Waals surface area contributed by atoms with Crippen LogP contribution in [0.3, 0.4) is 0 Å². The van der Waals surface area contributed by atoms with Crippen LogP contribution in [0.25, 0.3) is 11.0 Å². The van der Waals surface area contributed by atoms with E-state index in [1.54, 1.807) is 6.07 Å². The van der Waals surface area contributed by atoms with Gasteiger partial charge in [-0.05, 0) is 17.3 Å². The first-order valence-corrected chi connectivity index (χ1v) is 3.84. The lowest BCUT2D eigenvalue weighted by atomic mass is 10.3. The lowest BCUT2D eigenvalue weighted by molar-refractivity contribution is 0.155. The minimum absolute atomic E-state index is 0.373. The van der Waals surface area contributed by atoms with E-state index in [1.807, 2.05) is 0 Å². The van der Waals surface area contributed by atoms with Gasteiger partial charge in [-0.3, -0.25) is 0 Å². The fourth-order valence-electron chi connectivity index (χ4n) is 0.939. The van der Waals surface area contributed by atoms with Crippen molar-refractivity contribution in [3.05, 3.63) is 22.2 Å². The second-order valence-electron chi connectivity index (χ2n) is 2.23. The zero-order chi connectivity index (χ0) is 8.72. The van der Waals surface area contributed by atoms with Crippen LogP contribution in [0.5, 0.6) is 0 Å². The Kier molecular flexibility index (Phi) is 1.59. The van der Waals surface area contributed by atoms with Crippen LogP contribution in [0.4, 0.5) is 0 Å². The van der Waals surface area contributed by atoms with Crippen LogP contribution in [-0.2, 0) is 0 Å². The van der Waals surface area contributed by atoms with Gasteiger partial charge < -0.3 is 5.21 Å². The third-order valence-electron chi connectivity index (χ3n) is 1.45.